The number of rotatable bonds is 9. The van der Waals surface area contributed by atoms with Gasteiger partial charge < -0.3 is 11.1 Å². The number of aryl methyl sites for hydroxylation is 1. The summed E-state index contributed by atoms with van der Waals surface area (Å²) < 4.78 is 42.4. The Bertz CT molecular complexity index is 1280. The molecule has 0 bridgehead atoms. The molecule has 4 N–H and O–H groups in total. The molecular formula is C23H26FN7O2S. The molecule has 2 aromatic heterocycles. The minimum atomic E-state index is -3.57. The van der Waals surface area contributed by atoms with Crippen molar-refractivity contribution in [1.82, 2.24) is 19.5 Å². The quantitative estimate of drug-likeness (QED) is 0.397. The second-order valence-corrected chi connectivity index (χ2v) is 9.93. The Kier molecular flexibility index (Phi) is 7.09. The number of halogens is 1. The number of sulfonamides is 1. The number of pyridine rings is 1. The molecule has 0 saturated heterocycles. The lowest BCUT2D eigenvalue weighted by molar-refractivity contribution is 0.552. The number of anilines is 2. The van der Waals surface area contributed by atoms with Gasteiger partial charge in [-0.2, -0.15) is 10.4 Å². The van der Waals surface area contributed by atoms with Gasteiger partial charge in [0.25, 0.3) is 0 Å². The van der Waals surface area contributed by atoms with E-state index in [-0.39, 0.29) is 22.6 Å². The van der Waals surface area contributed by atoms with Gasteiger partial charge in [0.2, 0.25) is 10.0 Å². The summed E-state index contributed by atoms with van der Waals surface area (Å²) >= 11 is 0. The molecule has 1 saturated carbocycles. The van der Waals surface area contributed by atoms with Crippen molar-refractivity contribution in [2.75, 3.05) is 17.6 Å². The van der Waals surface area contributed by atoms with Gasteiger partial charge in [-0.1, -0.05) is 12.8 Å². The maximum absolute atomic E-state index is 13.2. The average Bonchev–Trinajstić information content (AvgIpc) is 3.44. The van der Waals surface area contributed by atoms with Crippen LogP contribution in [0, 0.1) is 17.1 Å². The predicted octanol–water partition coefficient (Wildman–Crippen LogP) is 3.13. The molecule has 1 aromatic carbocycles. The molecule has 3 aromatic rings. The molecule has 4 rings (SSSR count). The van der Waals surface area contributed by atoms with Crippen LogP contribution in [0.2, 0.25) is 0 Å². The summed E-state index contributed by atoms with van der Waals surface area (Å²) in [5.74, 6) is 0.393. The summed E-state index contributed by atoms with van der Waals surface area (Å²) in [4.78, 5) is 4.35. The minimum absolute atomic E-state index is 0.00155. The van der Waals surface area contributed by atoms with Crippen LogP contribution in [0.25, 0.3) is 5.69 Å². The zero-order valence-corrected chi connectivity index (χ0v) is 19.4. The molecule has 1 aliphatic carbocycles. The Labute approximate surface area is 197 Å². The van der Waals surface area contributed by atoms with Crippen LogP contribution in [0.3, 0.4) is 0 Å². The van der Waals surface area contributed by atoms with Crippen molar-refractivity contribution in [1.29, 1.82) is 5.26 Å². The minimum Gasteiger partial charge on any atom is -0.382 e. The van der Waals surface area contributed by atoms with E-state index in [2.05, 4.69) is 26.2 Å². The van der Waals surface area contributed by atoms with Gasteiger partial charge in [0, 0.05) is 18.8 Å². The molecule has 9 nitrogen and oxygen atoms in total. The Hall–Kier alpha value is -3.49. The van der Waals surface area contributed by atoms with Gasteiger partial charge in [0.1, 0.15) is 34.0 Å². The predicted molar refractivity (Wildman–Crippen MR) is 126 cm³/mol. The largest absolute Gasteiger partial charge is 0.382 e. The lowest BCUT2D eigenvalue weighted by Crippen LogP contribution is -2.32. The number of hydrogen-bond donors (Lipinski definition) is 3. The third kappa shape index (κ3) is 5.35. The van der Waals surface area contributed by atoms with Crippen molar-refractivity contribution in [3.63, 3.8) is 0 Å². The fourth-order valence-electron chi connectivity index (χ4n) is 4.00. The average molecular weight is 484 g/mol. The second kappa shape index (κ2) is 10.2. The topological polar surface area (TPSA) is 139 Å². The van der Waals surface area contributed by atoms with Crippen molar-refractivity contribution in [2.45, 2.75) is 49.5 Å². The molecule has 0 aliphatic heterocycles. The first-order valence-electron chi connectivity index (χ1n) is 11.1. The van der Waals surface area contributed by atoms with Gasteiger partial charge in [0.05, 0.1) is 11.4 Å². The van der Waals surface area contributed by atoms with Gasteiger partial charge >= 0.3 is 0 Å². The van der Waals surface area contributed by atoms with Crippen LogP contribution in [0.1, 0.15) is 43.4 Å². The van der Waals surface area contributed by atoms with Crippen molar-refractivity contribution in [2.24, 2.45) is 0 Å². The van der Waals surface area contributed by atoms with Crippen LogP contribution in [0.4, 0.5) is 16.0 Å². The molecule has 1 fully saturated rings. The number of nitrogens with zero attached hydrogens (tertiary/aromatic N) is 4. The Morgan fingerprint density at radius 1 is 1.18 bits per heavy atom. The Balaban J connectivity index is 1.33. The number of nitrogen functional groups attached to an aromatic ring is 1. The number of hydrogen-bond acceptors (Lipinski definition) is 7. The number of nitrogens with two attached hydrogens (primary N) is 1. The van der Waals surface area contributed by atoms with E-state index in [1.165, 1.54) is 29.1 Å². The molecule has 0 unspecified atom stereocenters. The highest BCUT2D eigenvalue weighted by molar-refractivity contribution is 7.89. The van der Waals surface area contributed by atoms with Gasteiger partial charge in [-0.15, -0.1) is 0 Å². The SMILES string of the molecule is N#Cc1c(CCCNc2ccc(S(=O)(=O)NC3CCCC3)cn2)nn(-c2ccc(F)cc2)c1N. The zero-order valence-electron chi connectivity index (χ0n) is 18.5. The standard InChI is InChI=1S/C23H26FN7O2S/c24-16-7-9-18(10-8-16)31-23(26)20(14-25)21(29-31)6-3-13-27-22-12-11-19(15-28-22)34(32,33)30-17-4-1-2-5-17/h7-12,15,17,30H,1-6,13,26H2,(H,27,28). The van der Waals surface area contributed by atoms with Crippen molar-refractivity contribution >= 4 is 21.7 Å². The van der Waals surface area contributed by atoms with Crippen LogP contribution in [-0.4, -0.2) is 35.8 Å². The van der Waals surface area contributed by atoms with Crippen LogP contribution in [-0.2, 0) is 16.4 Å². The van der Waals surface area contributed by atoms with Crippen LogP contribution >= 0.6 is 0 Å². The Morgan fingerprint density at radius 2 is 1.91 bits per heavy atom. The molecule has 0 atom stereocenters. The molecular weight excluding hydrogens is 457 g/mol. The highest BCUT2D eigenvalue weighted by Gasteiger charge is 2.23. The lowest BCUT2D eigenvalue weighted by atomic mass is 10.1. The smallest absolute Gasteiger partial charge is 0.242 e. The van der Waals surface area contributed by atoms with E-state index in [9.17, 15) is 18.1 Å². The van der Waals surface area contributed by atoms with E-state index in [0.29, 0.717) is 42.1 Å². The lowest BCUT2D eigenvalue weighted by Gasteiger charge is -2.12. The van der Waals surface area contributed by atoms with Gasteiger partial charge in [-0.3, -0.25) is 0 Å². The molecule has 34 heavy (non-hydrogen) atoms. The Morgan fingerprint density at radius 3 is 2.56 bits per heavy atom. The first-order chi connectivity index (χ1) is 16.4. The molecule has 0 spiro atoms. The maximum atomic E-state index is 13.2. The van der Waals surface area contributed by atoms with E-state index in [0.717, 1.165) is 25.7 Å². The maximum Gasteiger partial charge on any atom is 0.242 e. The third-order valence-corrected chi connectivity index (χ3v) is 7.30. The monoisotopic (exact) mass is 483 g/mol. The zero-order chi connectivity index (χ0) is 24.1. The normalized spacial score (nSPS) is 14.2. The summed E-state index contributed by atoms with van der Waals surface area (Å²) in [6.45, 7) is 0.535. The highest BCUT2D eigenvalue weighted by Crippen LogP contribution is 2.22. The first kappa shape index (κ1) is 23.7. The molecule has 2 heterocycles. The highest BCUT2D eigenvalue weighted by atomic mass is 32.2. The molecule has 178 valence electrons. The number of nitriles is 1. The molecule has 0 amide bonds. The van der Waals surface area contributed by atoms with E-state index < -0.39 is 10.0 Å². The van der Waals surface area contributed by atoms with Crippen LogP contribution < -0.4 is 15.8 Å². The first-order valence-corrected chi connectivity index (χ1v) is 12.6. The molecule has 1 aliphatic rings. The summed E-state index contributed by atoms with van der Waals surface area (Å²) in [6, 6.07) is 11.0. The van der Waals surface area contributed by atoms with E-state index >= 15 is 0 Å². The fourth-order valence-corrected chi connectivity index (χ4v) is 5.25. The van der Waals surface area contributed by atoms with Crippen molar-refractivity contribution < 1.29 is 12.8 Å². The summed E-state index contributed by atoms with van der Waals surface area (Å²) in [6.07, 6.45) is 6.30. The third-order valence-electron chi connectivity index (χ3n) is 5.80. The summed E-state index contributed by atoms with van der Waals surface area (Å²) in [5.41, 5.74) is 7.51. The number of nitrogens with one attached hydrogen (secondary N) is 2. The molecule has 0 radical (unpaired) electrons. The second-order valence-electron chi connectivity index (χ2n) is 8.22. The fraction of sp³-hybridized carbons (Fsp3) is 0.348. The van der Waals surface area contributed by atoms with Crippen molar-refractivity contribution in [3.05, 3.63) is 59.7 Å². The number of benzene rings is 1. The molecule has 11 heteroatoms. The number of aromatic nitrogens is 3. The van der Waals surface area contributed by atoms with Gasteiger partial charge in [-0.05, 0) is 62.1 Å². The van der Waals surface area contributed by atoms with E-state index in [4.69, 9.17) is 5.73 Å². The van der Waals surface area contributed by atoms with E-state index in [1.807, 2.05) is 0 Å². The van der Waals surface area contributed by atoms with Crippen LogP contribution in [0.15, 0.2) is 47.5 Å². The van der Waals surface area contributed by atoms with E-state index in [1.54, 1.807) is 18.2 Å². The van der Waals surface area contributed by atoms with Crippen LogP contribution in [0.5, 0.6) is 0 Å². The van der Waals surface area contributed by atoms with Gasteiger partial charge in [-0.25, -0.2) is 27.2 Å². The summed E-state index contributed by atoms with van der Waals surface area (Å²) in [5, 5.41) is 17.1. The van der Waals surface area contributed by atoms with Gasteiger partial charge in [0.15, 0.2) is 0 Å². The van der Waals surface area contributed by atoms with Crippen molar-refractivity contribution in [3.8, 4) is 11.8 Å². The summed E-state index contributed by atoms with van der Waals surface area (Å²) in [7, 11) is -3.57.